The molecule has 0 fully saturated rings. The van der Waals surface area contributed by atoms with E-state index < -0.39 is 12.3 Å². The van der Waals surface area contributed by atoms with E-state index in [1.807, 2.05) is 0 Å². The number of carbonyl (C=O) groups is 1. The highest BCUT2D eigenvalue weighted by Gasteiger charge is 2.09. The third kappa shape index (κ3) is 4.82. The number of nitriles is 1. The van der Waals surface area contributed by atoms with E-state index in [-0.39, 0.29) is 12.2 Å². The number of hydrogen-bond donors (Lipinski definition) is 1. The summed E-state index contributed by atoms with van der Waals surface area (Å²) in [5, 5.41) is 17.9. The van der Waals surface area contributed by atoms with Crippen LogP contribution in [0.3, 0.4) is 0 Å². The molecule has 19 heavy (non-hydrogen) atoms. The maximum absolute atomic E-state index is 11.4. The molecule has 0 aromatic heterocycles. The van der Waals surface area contributed by atoms with Crippen molar-refractivity contribution < 1.29 is 19.4 Å². The molecule has 0 aliphatic heterocycles. The zero-order valence-corrected chi connectivity index (χ0v) is 10.8. The zero-order chi connectivity index (χ0) is 14.3. The van der Waals surface area contributed by atoms with Gasteiger partial charge in [0.2, 0.25) is 0 Å². The van der Waals surface area contributed by atoms with E-state index in [1.165, 1.54) is 13.0 Å². The lowest BCUT2D eigenvalue weighted by Gasteiger charge is -2.08. The highest BCUT2D eigenvalue weighted by Crippen LogP contribution is 2.15. The van der Waals surface area contributed by atoms with Gasteiger partial charge in [-0.05, 0) is 37.6 Å². The van der Waals surface area contributed by atoms with Crippen LogP contribution in [0.25, 0.3) is 6.08 Å². The molecule has 100 valence electrons. The number of esters is 1. The summed E-state index contributed by atoms with van der Waals surface area (Å²) in [4.78, 5) is 11.4. The standard InChI is InChI=1S/C14H15NO4/c1-3-18-14(17)12(9-15)8-11-4-6-13(7-5-11)19-10(2)16/h4-8,10,16H,3H2,1-2H3. The van der Waals surface area contributed by atoms with Crippen LogP contribution in [-0.4, -0.2) is 24.0 Å². The fourth-order valence-electron chi connectivity index (χ4n) is 1.35. The molecule has 0 heterocycles. The minimum absolute atomic E-state index is 0.0638. The second kappa shape index (κ2) is 7.19. The van der Waals surface area contributed by atoms with Gasteiger partial charge >= 0.3 is 5.97 Å². The van der Waals surface area contributed by atoms with Gasteiger partial charge in [-0.25, -0.2) is 4.79 Å². The van der Waals surface area contributed by atoms with Crippen molar-refractivity contribution in [3.63, 3.8) is 0 Å². The number of ether oxygens (including phenoxy) is 2. The molecule has 5 nitrogen and oxygen atoms in total. The fraction of sp³-hybridized carbons (Fsp3) is 0.286. The highest BCUT2D eigenvalue weighted by molar-refractivity contribution is 5.97. The van der Waals surface area contributed by atoms with Gasteiger partial charge in [0.25, 0.3) is 0 Å². The first-order valence-electron chi connectivity index (χ1n) is 5.80. The molecule has 0 aliphatic rings. The van der Waals surface area contributed by atoms with Crippen molar-refractivity contribution in [2.24, 2.45) is 0 Å². The summed E-state index contributed by atoms with van der Waals surface area (Å²) in [6, 6.07) is 8.42. The molecule has 0 amide bonds. The van der Waals surface area contributed by atoms with Crippen molar-refractivity contribution >= 4 is 12.0 Å². The number of benzene rings is 1. The molecule has 0 bridgehead atoms. The molecule has 1 aromatic carbocycles. The lowest BCUT2D eigenvalue weighted by atomic mass is 10.1. The largest absolute Gasteiger partial charge is 0.465 e. The van der Waals surface area contributed by atoms with Crippen LogP contribution in [0.1, 0.15) is 19.4 Å². The number of nitrogens with zero attached hydrogens (tertiary/aromatic N) is 1. The van der Waals surface area contributed by atoms with Gasteiger partial charge in [0.15, 0.2) is 6.29 Å². The van der Waals surface area contributed by atoms with Crippen molar-refractivity contribution in [1.82, 2.24) is 0 Å². The van der Waals surface area contributed by atoms with E-state index in [0.29, 0.717) is 11.3 Å². The summed E-state index contributed by atoms with van der Waals surface area (Å²) in [6.07, 6.45) is 0.542. The number of carbonyl (C=O) groups excluding carboxylic acids is 1. The molecule has 1 N–H and O–H groups in total. The zero-order valence-electron chi connectivity index (χ0n) is 10.8. The smallest absolute Gasteiger partial charge is 0.348 e. The van der Waals surface area contributed by atoms with E-state index in [4.69, 9.17) is 19.8 Å². The maximum atomic E-state index is 11.4. The minimum Gasteiger partial charge on any atom is -0.465 e. The Morgan fingerprint density at radius 2 is 2.11 bits per heavy atom. The Bertz CT molecular complexity index is 497. The van der Waals surface area contributed by atoms with Crippen molar-refractivity contribution in [3.8, 4) is 11.8 Å². The van der Waals surface area contributed by atoms with E-state index in [9.17, 15) is 4.79 Å². The molecular weight excluding hydrogens is 246 g/mol. The summed E-state index contributed by atoms with van der Waals surface area (Å²) in [5.74, 6) is -0.143. The van der Waals surface area contributed by atoms with Gasteiger partial charge in [0.1, 0.15) is 17.4 Å². The molecule has 0 radical (unpaired) electrons. The number of hydrogen-bond acceptors (Lipinski definition) is 5. The Morgan fingerprint density at radius 1 is 1.47 bits per heavy atom. The average molecular weight is 261 g/mol. The van der Waals surface area contributed by atoms with Crippen molar-refractivity contribution in [2.45, 2.75) is 20.1 Å². The normalized spacial score (nSPS) is 12.4. The van der Waals surface area contributed by atoms with Crippen molar-refractivity contribution in [3.05, 3.63) is 35.4 Å². The summed E-state index contributed by atoms with van der Waals surface area (Å²) >= 11 is 0. The van der Waals surface area contributed by atoms with Gasteiger partial charge in [-0.2, -0.15) is 5.26 Å². The van der Waals surface area contributed by atoms with Crippen molar-refractivity contribution in [2.75, 3.05) is 6.61 Å². The Balaban J connectivity index is 2.85. The average Bonchev–Trinajstić information content (AvgIpc) is 2.37. The molecule has 1 atom stereocenters. The number of aliphatic hydroxyl groups is 1. The Kier molecular flexibility index (Phi) is 5.58. The second-order valence-corrected chi connectivity index (χ2v) is 3.68. The van der Waals surface area contributed by atoms with E-state index in [0.717, 1.165) is 0 Å². The molecule has 0 spiro atoms. The van der Waals surface area contributed by atoms with E-state index >= 15 is 0 Å². The van der Waals surface area contributed by atoms with Crippen LogP contribution >= 0.6 is 0 Å². The molecule has 0 saturated carbocycles. The van der Waals surface area contributed by atoms with Crippen LogP contribution in [0.4, 0.5) is 0 Å². The minimum atomic E-state index is -0.893. The second-order valence-electron chi connectivity index (χ2n) is 3.68. The molecule has 5 heteroatoms. The predicted molar refractivity (Wildman–Crippen MR) is 69.0 cm³/mol. The predicted octanol–water partition coefficient (Wildman–Crippen LogP) is 1.87. The van der Waals surface area contributed by atoms with Gasteiger partial charge in [-0.15, -0.1) is 0 Å². The molecule has 1 rings (SSSR count). The van der Waals surface area contributed by atoms with Crippen LogP contribution in [0.15, 0.2) is 29.8 Å². The quantitative estimate of drug-likeness (QED) is 0.379. The van der Waals surface area contributed by atoms with Crippen LogP contribution in [0, 0.1) is 11.3 Å². The van der Waals surface area contributed by atoms with Crippen molar-refractivity contribution in [1.29, 1.82) is 5.26 Å². The first kappa shape index (κ1) is 14.7. The number of rotatable bonds is 5. The van der Waals surface area contributed by atoms with Crippen LogP contribution in [0.5, 0.6) is 5.75 Å². The van der Waals surface area contributed by atoms with Crippen LogP contribution in [-0.2, 0) is 9.53 Å². The molecule has 1 aromatic rings. The Hall–Kier alpha value is -2.32. The highest BCUT2D eigenvalue weighted by atomic mass is 16.6. The molecular formula is C14H15NO4. The van der Waals surface area contributed by atoms with Gasteiger partial charge in [-0.1, -0.05) is 12.1 Å². The van der Waals surface area contributed by atoms with Crippen LogP contribution < -0.4 is 4.74 Å². The lowest BCUT2D eigenvalue weighted by molar-refractivity contribution is -0.137. The van der Waals surface area contributed by atoms with Gasteiger partial charge in [0, 0.05) is 0 Å². The fourth-order valence-corrected chi connectivity index (χ4v) is 1.35. The molecule has 1 unspecified atom stereocenters. The van der Waals surface area contributed by atoms with Crippen LogP contribution in [0.2, 0.25) is 0 Å². The SMILES string of the molecule is CCOC(=O)C(C#N)=Cc1ccc(OC(C)O)cc1. The van der Waals surface area contributed by atoms with Gasteiger partial charge in [0.05, 0.1) is 6.61 Å². The molecule has 0 aliphatic carbocycles. The first-order valence-corrected chi connectivity index (χ1v) is 5.80. The van der Waals surface area contributed by atoms with Gasteiger partial charge < -0.3 is 14.6 Å². The van der Waals surface area contributed by atoms with E-state index in [1.54, 1.807) is 37.3 Å². The maximum Gasteiger partial charge on any atom is 0.348 e. The third-order valence-corrected chi connectivity index (χ3v) is 2.11. The Morgan fingerprint density at radius 3 is 2.58 bits per heavy atom. The third-order valence-electron chi connectivity index (χ3n) is 2.11. The Labute approximate surface area is 111 Å². The van der Waals surface area contributed by atoms with Gasteiger partial charge in [-0.3, -0.25) is 0 Å². The van der Waals surface area contributed by atoms with E-state index in [2.05, 4.69) is 0 Å². The number of aliphatic hydroxyl groups excluding tert-OH is 1. The molecule has 0 saturated heterocycles. The summed E-state index contributed by atoms with van der Waals surface area (Å²) < 4.78 is 9.82. The topological polar surface area (TPSA) is 79.6 Å². The summed E-state index contributed by atoms with van der Waals surface area (Å²) in [6.45, 7) is 3.40. The first-order chi connectivity index (χ1) is 9.06. The summed E-state index contributed by atoms with van der Waals surface area (Å²) in [5.41, 5.74) is 0.605. The lowest BCUT2D eigenvalue weighted by Crippen LogP contribution is -2.09. The monoisotopic (exact) mass is 261 g/mol. The summed E-state index contributed by atoms with van der Waals surface area (Å²) in [7, 11) is 0.